The number of carboxylic acids is 1. The predicted molar refractivity (Wildman–Crippen MR) is 63.9 cm³/mol. The molecule has 1 rings (SSSR count). The van der Waals surface area contributed by atoms with Gasteiger partial charge in [0.15, 0.2) is 11.5 Å². The molecule has 0 aliphatic heterocycles. The molecule has 0 aliphatic rings. The molecule has 5 heteroatoms. The summed E-state index contributed by atoms with van der Waals surface area (Å²) < 4.78 is 10.1. The predicted octanol–water partition coefficient (Wildman–Crippen LogP) is 1.79. The molecule has 1 aromatic carbocycles. The first kappa shape index (κ1) is 15.2. The van der Waals surface area contributed by atoms with E-state index in [0.29, 0.717) is 11.5 Å². The molecule has 0 amide bonds. The lowest BCUT2D eigenvalue weighted by molar-refractivity contribution is 0.0696. The molecule has 0 heterocycles. The minimum atomic E-state index is -1.04. The Balaban J connectivity index is 0.00000121. The second kappa shape index (κ2) is 8.41. The molecule has 0 aliphatic carbocycles. The van der Waals surface area contributed by atoms with E-state index >= 15 is 0 Å². The number of benzene rings is 1. The molecule has 0 radical (unpaired) electrons. The zero-order valence-electron chi connectivity index (χ0n) is 10.3. The van der Waals surface area contributed by atoms with Gasteiger partial charge in [0, 0.05) is 0 Å². The Bertz CT molecular complexity index is 349. The van der Waals surface area contributed by atoms with Crippen LogP contribution in [0.25, 0.3) is 0 Å². The monoisotopic (exact) mass is 242 g/mol. The third-order valence-corrected chi connectivity index (χ3v) is 1.76. The van der Waals surface area contributed by atoms with Crippen LogP contribution >= 0.6 is 0 Å². The SMILES string of the molecule is CC.COc1ccc(C(=O)O)cc1OCCO. The lowest BCUT2D eigenvalue weighted by Crippen LogP contribution is -2.04. The summed E-state index contributed by atoms with van der Waals surface area (Å²) in [6, 6.07) is 4.29. The quantitative estimate of drug-likeness (QED) is 0.823. The number of methoxy groups -OCH3 is 1. The van der Waals surface area contributed by atoms with E-state index < -0.39 is 5.97 Å². The highest BCUT2D eigenvalue weighted by atomic mass is 16.5. The number of aromatic carboxylic acids is 1. The van der Waals surface area contributed by atoms with Crippen LogP contribution in [-0.4, -0.2) is 36.5 Å². The van der Waals surface area contributed by atoms with Gasteiger partial charge in [-0.05, 0) is 18.2 Å². The second-order valence-corrected chi connectivity index (χ2v) is 2.74. The summed E-state index contributed by atoms with van der Waals surface area (Å²) in [5.74, 6) is -0.286. The van der Waals surface area contributed by atoms with Crippen LogP contribution in [0.4, 0.5) is 0 Å². The Kier molecular flexibility index (Phi) is 7.54. The number of hydrogen-bond acceptors (Lipinski definition) is 4. The van der Waals surface area contributed by atoms with E-state index in [9.17, 15) is 4.79 Å². The van der Waals surface area contributed by atoms with Crippen molar-refractivity contribution in [1.29, 1.82) is 0 Å². The van der Waals surface area contributed by atoms with Crippen molar-refractivity contribution in [3.05, 3.63) is 23.8 Å². The minimum Gasteiger partial charge on any atom is -0.493 e. The van der Waals surface area contributed by atoms with Crippen molar-refractivity contribution in [2.75, 3.05) is 20.3 Å². The van der Waals surface area contributed by atoms with Crippen LogP contribution in [0.1, 0.15) is 24.2 Å². The van der Waals surface area contributed by atoms with Crippen molar-refractivity contribution >= 4 is 5.97 Å². The molecule has 1 aromatic rings. The van der Waals surface area contributed by atoms with Crippen LogP contribution in [-0.2, 0) is 0 Å². The first-order chi connectivity index (χ1) is 8.19. The van der Waals surface area contributed by atoms with Crippen molar-refractivity contribution in [3.8, 4) is 11.5 Å². The van der Waals surface area contributed by atoms with Crippen molar-refractivity contribution < 1.29 is 24.5 Å². The third-order valence-electron chi connectivity index (χ3n) is 1.76. The van der Waals surface area contributed by atoms with E-state index in [4.69, 9.17) is 19.7 Å². The number of carboxylic acid groups (broad SMARTS) is 1. The Morgan fingerprint density at radius 1 is 1.29 bits per heavy atom. The average Bonchev–Trinajstić information content (AvgIpc) is 2.38. The molecule has 0 saturated heterocycles. The first-order valence-electron chi connectivity index (χ1n) is 5.34. The Labute approximate surface area is 101 Å². The molecule has 0 spiro atoms. The van der Waals surface area contributed by atoms with Gasteiger partial charge in [0.25, 0.3) is 0 Å². The maximum absolute atomic E-state index is 10.7. The van der Waals surface area contributed by atoms with Gasteiger partial charge in [-0.2, -0.15) is 0 Å². The van der Waals surface area contributed by atoms with Crippen LogP contribution in [0.15, 0.2) is 18.2 Å². The Morgan fingerprint density at radius 2 is 1.94 bits per heavy atom. The molecule has 0 aromatic heterocycles. The van der Waals surface area contributed by atoms with E-state index in [-0.39, 0.29) is 18.8 Å². The highest BCUT2D eigenvalue weighted by molar-refractivity contribution is 5.88. The zero-order valence-corrected chi connectivity index (χ0v) is 10.3. The smallest absolute Gasteiger partial charge is 0.335 e. The lowest BCUT2D eigenvalue weighted by Gasteiger charge is -2.09. The van der Waals surface area contributed by atoms with Crippen LogP contribution in [0.3, 0.4) is 0 Å². The van der Waals surface area contributed by atoms with E-state index in [1.807, 2.05) is 13.8 Å². The van der Waals surface area contributed by atoms with Gasteiger partial charge in [0.05, 0.1) is 19.3 Å². The van der Waals surface area contributed by atoms with Gasteiger partial charge >= 0.3 is 5.97 Å². The molecule has 96 valence electrons. The summed E-state index contributed by atoms with van der Waals surface area (Å²) in [4.78, 5) is 10.7. The average molecular weight is 242 g/mol. The molecular weight excluding hydrogens is 224 g/mol. The first-order valence-corrected chi connectivity index (χ1v) is 5.34. The van der Waals surface area contributed by atoms with Gasteiger partial charge in [0.2, 0.25) is 0 Å². The van der Waals surface area contributed by atoms with Crippen LogP contribution < -0.4 is 9.47 Å². The van der Waals surface area contributed by atoms with Crippen LogP contribution in [0.5, 0.6) is 11.5 Å². The summed E-state index contributed by atoms with van der Waals surface area (Å²) in [5.41, 5.74) is 0.115. The summed E-state index contributed by atoms with van der Waals surface area (Å²) in [7, 11) is 1.46. The van der Waals surface area contributed by atoms with Crippen molar-refractivity contribution in [2.24, 2.45) is 0 Å². The van der Waals surface area contributed by atoms with E-state index in [1.165, 1.54) is 25.3 Å². The standard InChI is InChI=1S/C10H12O5.C2H6/c1-14-8-3-2-7(10(12)13)6-9(8)15-5-4-11;1-2/h2-3,6,11H,4-5H2,1H3,(H,12,13);1-2H3. The molecule has 5 nitrogen and oxygen atoms in total. The molecule has 0 atom stereocenters. The largest absolute Gasteiger partial charge is 0.493 e. The van der Waals surface area contributed by atoms with E-state index in [0.717, 1.165) is 0 Å². The lowest BCUT2D eigenvalue weighted by atomic mass is 10.2. The minimum absolute atomic E-state index is 0.0967. The number of rotatable bonds is 5. The van der Waals surface area contributed by atoms with E-state index in [1.54, 1.807) is 0 Å². The highest BCUT2D eigenvalue weighted by Gasteiger charge is 2.09. The molecule has 2 N–H and O–H groups in total. The summed E-state index contributed by atoms with van der Waals surface area (Å²) >= 11 is 0. The van der Waals surface area contributed by atoms with Gasteiger partial charge in [-0.1, -0.05) is 13.8 Å². The van der Waals surface area contributed by atoms with Crippen molar-refractivity contribution in [1.82, 2.24) is 0 Å². The summed E-state index contributed by atoms with van der Waals surface area (Å²) in [6.07, 6.45) is 0. The number of aliphatic hydroxyl groups is 1. The van der Waals surface area contributed by atoms with Crippen molar-refractivity contribution in [2.45, 2.75) is 13.8 Å². The number of aliphatic hydroxyl groups excluding tert-OH is 1. The second-order valence-electron chi connectivity index (χ2n) is 2.74. The van der Waals surface area contributed by atoms with Gasteiger partial charge < -0.3 is 19.7 Å². The van der Waals surface area contributed by atoms with Gasteiger partial charge in [-0.3, -0.25) is 0 Å². The number of ether oxygens (including phenoxy) is 2. The number of carbonyl (C=O) groups is 1. The maximum Gasteiger partial charge on any atom is 0.335 e. The third kappa shape index (κ3) is 4.74. The molecule has 0 saturated carbocycles. The fourth-order valence-electron chi connectivity index (χ4n) is 1.08. The highest BCUT2D eigenvalue weighted by Crippen LogP contribution is 2.27. The Morgan fingerprint density at radius 3 is 2.41 bits per heavy atom. The molecule has 0 bridgehead atoms. The fourth-order valence-corrected chi connectivity index (χ4v) is 1.08. The number of hydrogen-bond donors (Lipinski definition) is 2. The van der Waals surface area contributed by atoms with Crippen molar-refractivity contribution in [3.63, 3.8) is 0 Å². The summed E-state index contributed by atoms with van der Waals surface area (Å²) in [6.45, 7) is 3.96. The van der Waals surface area contributed by atoms with E-state index in [2.05, 4.69) is 0 Å². The van der Waals surface area contributed by atoms with Crippen LogP contribution in [0, 0.1) is 0 Å². The van der Waals surface area contributed by atoms with Crippen LogP contribution in [0.2, 0.25) is 0 Å². The molecular formula is C12H18O5. The van der Waals surface area contributed by atoms with Gasteiger partial charge in [-0.25, -0.2) is 4.79 Å². The molecule has 0 fully saturated rings. The molecule has 0 unspecified atom stereocenters. The normalized spacial score (nSPS) is 8.94. The fraction of sp³-hybridized carbons (Fsp3) is 0.417. The topological polar surface area (TPSA) is 76.0 Å². The summed E-state index contributed by atoms with van der Waals surface area (Å²) in [5, 5.41) is 17.3. The maximum atomic E-state index is 10.7. The van der Waals surface area contributed by atoms with Gasteiger partial charge in [-0.15, -0.1) is 0 Å². The molecule has 17 heavy (non-hydrogen) atoms. The van der Waals surface area contributed by atoms with Gasteiger partial charge in [0.1, 0.15) is 6.61 Å². The zero-order chi connectivity index (χ0) is 13.3. The Hall–Kier alpha value is -1.75.